The third-order valence-corrected chi connectivity index (χ3v) is 4.65. The lowest BCUT2D eigenvalue weighted by Gasteiger charge is -2.33. The van der Waals surface area contributed by atoms with Gasteiger partial charge in [0.15, 0.2) is 11.5 Å². The van der Waals surface area contributed by atoms with Gasteiger partial charge in [0.1, 0.15) is 0 Å². The Balaban J connectivity index is 1.68. The molecule has 138 valence electrons. The van der Waals surface area contributed by atoms with Crippen LogP contribution >= 0.6 is 11.6 Å². The zero-order valence-corrected chi connectivity index (χ0v) is 15.6. The monoisotopic (exact) mass is 375 g/mol. The second-order valence-corrected chi connectivity index (χ2v) is 7.28. The van der Waals surface area contributed by atoms with E-state index in [-0.39, 0.29) is 29.5 Å². The van der Waals surface area contributed by atoms with Crippen LogP contribution in [0.5, 0.6) is 0 Å². The Labute approximate surface area is 157 Å². The Morgan fingerprint density at radius 3 is 2.88 bits per heavy atom. The zero-order chi connectivity index (χ0) is 18.7. The van der Waals surface area contributed by atoms with E-state index in [1.165, 1.54) is 0 Å². The van der Waals surface area contributed by atoms with Crippen LogP contribution in [0.15, 0.2) is 34.9 Å². The summed E-state index contributed by atoms with van der Waals surface area (Å²) in [5.41, 5.74) is 1.03. The minimum absolute atomic E-state index is 0.00831. The number of aromatic nitrogens is 1. The van der Waals surface area contributed by atoms with Crippen molar-refractivity contribution in [3.8, 4) is 11.3 Å². The molecule has 7 heteroatoms. The third kappa shape index (κ3) is 4.25. The molecule has 1 aliphatic rings. The smallest absolute Gasteiger partial charge is 0.276 e. The van der Waals surface area contributed by atoms with Gasteiger partial charge in [-0.1, -0.05) is 42.7 Å². The van der Waals surface area contributed by atoms with Crippen molar-refractivity contribution < 1.29 is 14.1 Å². The fraction of sp³-hybridized carbons (Fsp3) is 0.421. The van der Waals surface area contributed by atoms with E-state index in [1.807, 2.05) is 26.0 Å². The standard InChI is InChI=1S/C19H22ClN3O3/c1-12(2)18(24)21-15-7-4-8-23(11-15)19(25)16-10-17(26-22-16)13-5-3-6-14(20)9-13/h3,5-6,9-10,12,15H,4,7-8,11H2,1-2H3,(H,21,24). The summed E-state index contributed by atoms with van der Waals surface area (Å²) in [5.74, 6) is 0.244. The number of carbonyl (C=O) groups excluding carboxylic acids is 2. The fourth-order valence-electron chi connectivity index (χ4n) is 2.96. The van der Waals surface area contributed by atoms with Crippen LogP contribution in [0, 0.1) is 5.92 Å². The lowest BCUT2D eigenvalue weighted by Crippen LogP contribution is -2.50. The van der Waals surface area contributed by atoms with Crippen molar-refractivity contribution in [3.05, 3.63) is 41.0 Å². The molecule has 1 fully saturated rings. The summed E-state index contributed by atoms with van der Waals surface area (Å²) in [7, 11) is 0. The minimum atomic E-state index is -0.189. The van der Waals surface area contributed by atoms with Gasteiger partial charge in [-0.15, -0.1) is 0 Å². The number of amides is 2. The first-order chi connectivity index (χ1) is 12.4. The first-order valence-electron chi connectivity index (χ1n) is 8.76. The molecule has 1 aromatic carbocycles. The van der Waals surface area contributed by atoms with Gasteiger partial charge in [0.2, 0.25) is 5.91 Å². The lowest BCUT2D eigenvalue weighted by molar-refractivity contribution is -0.125. The van der Waals surface area contributed by atoms with Gasteiger partial charge in [-0.3, -0.25) is 9.59 Å². The molecular weight excluding hydrogens is 354 g/mol. The van der Waals surface area contributed by atoms with Crippen molar-refractivity contribution in [3.63, 3.8) is 0 Å². The van der Waals surface area contributed by atoms with E-state index in [0.29, 0.717) is 23.9 Å². The fourth-order valence-corrected chi connectivity index (χ4v) is 3.15. The maximum atomic E-state index is 12.7. The van der Waals surface area contributed by atoms with Crippen LogP contribution in [0.2, 0.25) is 5.02 Å². The van der Waals surface area contributed by atoms with E-state index < -0.39 is 0 Å². The number of hydrogen-bond acceptors (Lipinski definition) is 4. The number of nitrogens with zero attached hydrogens (tertiary/aromatic N) is 2. The number of nitrogens with one attached hydrogen (secondary N) is 1. The Bertz CT molecular complexity index is 803. The topological polar surface area (TPSA) is 75.4 Å². The Kier molecular flexibility index (Phi) is 5.61. The summed E-state index contributed by atoms with van der Waals surface area (Å²) < 4.78 is 5.31. The average molecular weight is 376 g/mol. The molecule has 0 bridgehead atoms. The van der Waals surface area contributed by atoms with Crippen molar-refractivity contribution in [2.75, 3.05) is 13.1 Å². The average Bonchev–Trinajstić information content (AvgIpc) is 3.11. The largest absolute Gasteiger partial charge is 0.355 e. The highest BCUT2D eigenvalue weighted by atomic mass is 35.5. The Morgan fingerprint density at radius 1 is 1.35 bits per heavy atom. The van der Waals surface area contributed by atoms with Crippen molar-refractivity contribution in [2.24, 2.45) is 5.92 Å². The summed E-state index contributed by atoms with van der Waals surface area (Å²) in [5, 5.41) is 7.50. The quantitative estimate of drug-likeness (QED) is 0.888. The van der Waals surface area contributed by atoms with Crippen molar-refractivity contribution >= 4 is 23.4 Å². The molecule has 2 aromatic rings. The molecule has 1 saturated heterocycles. The maximum Gasteiger partial charge on any atom is 0.276 e. The number of halogens is 1. The molecule has 0 saturated carbocycles. The number of likely N-dealkylation sites (tertiary alicyclic amines) is 1. The van der Waals surface area contributed by atoms with Crippen LogP contribution in [0.1, 0.15) is 37.2 Å². The van der Waals surface area contributed by atoms with Crippen LogP contribution in [-0.4, -0.2) is 41.0 Å². The van der Waals surface area contributed by atoms with Gasteiger partial charge in [-0.05, 0) is 25.0 Å². The first-order valence-corrected chi connectivity index (χ1v) is 9.14. The second-order valence-electron chi connectivity index (χ2n) is 6.84. The molecule has 1 N–H and O–H groups in total. The summed E-state index contributed by atoms with van der Waals surface area (Å²) in [6, 6.07) is 8.79. The van der Waals surface area contributed by atoms with Crippen molar-refractivity contribution in [1.82, 2.24) is 15.4 Å². The molecule has 1 unspecified atom stereocenters. The number of carbonyl (C=O) groups is 2. The van der Waals surface area contributed by atoms with Gasteiger partial charge >= 0.3 is 0 Å². The van der Waals surface area contributed by atoms with Crippen LogP contribution in [0.25, 0.3) is 11.3 Å². The highest BCUT2D eigenvalue weighted by Gasteiger charge is 2.27. The molecule has 0 radical (unpaired) electrons. The third-order valence-electron chi connectivity index (χ3n) is 4.42. The van der Waals surface area contributed by atoms with Crippen LogP contribution in [-0.2, 0) is 4.79 Å². The van der Waals surface area contributed by atoms with Gasteiger partial charge in [-0.25, -0.2) is 0 Å². The molecule has 1 atom stereocenters. The van der Waals surface area contributed by atoms with Crippen LogP contribution in [0.3, 0.4) is 0 Å². The minimum Gasteiger partial charge on any atom is -0.355 e. The van der Waals surface area contributed by atoms with Crippen molar-refractivity contribution in [2.45, 2.75) is 32.7 Å². The molecule has 2 heterocycles. The highest BCUT2D eigenvalue weighted by molar-refractivity contribution is 6.30. The molecule has 26 heavy (non-hydrogen) atoms. The molecule has 0 spiro atoms. The van der Waals surface area contributed by atoms with Gasteiger partial charge in [-0.2, -0.15) is 0 Å². The van der Waals surface area contributed by atoms with E-state index in [0.717, 1.165) is 18.4 Å². The second kappa shape index (κ2) is 7.91. The molecule has 2 amide bonds. The zero-order valence-electron chi connectivity index (χ0n) is 14.9. The molecular formula is C19H22ClN3O3. The number of benzene rings is 1. The predicted octanol–water partition coefficient (Wildman–Crippen LogP) is 3.37. The number of piperidine rings is 1. The molecule has 0 aliphatic carbocycles. The summed E-state index contributed by atoms with van der Waals surface area (Å²) >= 11 is 5.99. The Hall–Kier alpha value is -2.34. The summed E-state index contributed by atoms with van der Waals surface area (Å²) in [6.07, 6.45) is 1.71. The molecule has 6 nitrogen and oxygen atoms in total. The normalized spacial score (nSPS) is 17.4. The van der Waals surface area contributed by atoms with Gasteiger partial charge in [0, 0.05) is 41.7 Å². The first kappa shape index (κ1) is 18.5. The van der Waals surface area contributed by atoms with Crippen LogP contribution < -0.4 is 5.32 Å². The maximum absolute atomic E-state index is 12.7. The highest BCUT2D eigenvalue weighted by Crippen LogP contribution is 2.24. The predicted molar refractivity (Wildman–Crippen MR) is 98.9 cm³/mol. The van der Waals surface area contributed by atoms with Crippen LogP contribution in [0.4, 0.5) is 0 Å². The summed E-state index contributed by atoms with van der Waals surface area (Å²) in [4.78, 5) is 26.4. The van der Waals surface area contributed by atoms with Gasteiger partial charge in [0.25, 0.3) is 5.91 Å². The van der Waals surface area contributed by atoms with E-state index in [9.17, 15) is 9.59 Å². The van der Waals surface area contributed by atoms with Gasteiger partial charge < -0.3 is 14.7 Å². The van der Waals surface area contributed by atoms with E-state index in [2.05, 4.69) is 10.5 Å². The van der Waals surface area contributed by atoms with E-state index >= 15 is 0 Å². The summed E-state index contributed by atoms with van der Waals surface area (Å²) in [6.45, 7) is 4.84. The SMILES string of the molecule is CC(C)C(=O)NC1CCCN(C(=O)c2cc(-c3cccc(Cl)c3)on2)C1. The molecule has 1 aliphatic heterocycles. The lowest BCUT2D eigenvalue weighted by atomic mass is 10.0. The van der Waals surface area contributed by atoms with Gasteiger partial charge in [0.05, 0.1) is 0 Å². The van der Waals surface area contributed by atoms with E-state index in [4.69, 9.17) is 16.1 Å². The number of rotatable bonds is 4. The Morgan fingerprint density at radius 2 is 2.15 bits per heavy atom. The molecule has 3 rings (SSSR count). The number of hydrogen-bond donors (Lipinski definition) is 1. The van der Waals surface area contributed by atoms with E-state index in [1.54, 1.807) is 23.1 Å². The van der Waals surface area contributed by atoms with Crippen molar-refractivity contribution in [1.29, 1.82) is 0 Å². The molecule has 1 aromatic heterocycles.